The van der Waals surface area contributed by atoms with Crippen LogP contribution in [0.3, 0.4) is 0 Å². The highest BCUT2D eigenvalue weighted by atomic mass is 32.1. The van der Waals surface area contributed by atoms with Gasteiger partial charge in [0.25, 0.3) is 0 Å². The Bertz CT molecular complexity index is 1010. The number of hydrogen-bond donors (Lipinski definition) is 1. The van der Waals surface area contributed by atoms with Crippen LogP contribution in [0.25, 0.3) is 15.7 Å². The van der Waals surface area contributed by atoms with Gasteiger partial charge in [0.15, 0.2) is 11.6 Å². The van der Waals surface area contributed by atoms with Crippen LogP contribution in [0, 0.1) is 11.6 Å². The molecule has 120 valence electrons. The van der Waals surface area contributed by atoms with Gasteiger partial charge in [0.05, 0.1) is 5.39 Å². The zero-order chi connectivity index (χ0) is 16.9. The predicted octanol–water partition coefficient (Wildman–Crippen LogP) is 3.09. The van der Waals surface area contributed by atoms with E-state index in [4.69, 9.17) is 5.11 Å². The van der Waals surface area contributed by atoms with Crippen molar-refractivity contribution in [3.8, 4) is 5.75 Å². The summed E-state index contributed by atoms with van der Waals surface area (Å²) in [6.07, 6.45) is 1.24. The van der Waals surface area contributed by atoms with Crippen LogP contribution in [-0.2, 0) is 0 Å². The fourth-order valence-corrected chi connectivity index (χ4v) is 3.13. The molecule has 0 aliphatic carbocycles. The molecule has 10 heteroatoms. The number of carboxylic acid groups (broad SMARTS) is 1. The Morgan fingerprint density at radius 3 is 2.65 bits per heavy atom. The first kappa shape index (κ1) is 15.3. The third-order valence-corrected chi connectivity index (χ3v) is 3.99. The average Bonchev–Trinajstić information content (AvgIpc) is 2.92. The number of pyridine rings is 1. The van der Waals surface area contributed by atoms with Crippen LogP contribution in [-0.4, -0.2) is 22.1 Å². The number of rotatable bonds is 3. The van der Waals surface area contributed by atoms with Crippen LogP contribution in [0.15, 0.2) is 22.4 Å². The van der Waals surface area contributed by atoms with Gasteiger partial charge in [-0.05, 0) is 6.07 Å². The number of carboxylic acids is 1. The Kier molecular flexibility index (Phi) is 3.48. The molecule has 0 radical (unpaired) electrons. The molecule has 0 saturated heterocycles. The van der Waals surface area contributed by atoms with E-state index in [1.165, 1.54) is 11.6 Å². The van der Waals surface area contributed by atoms with Crippen molar-refractivity contribution in [2.75, 3.05) is 0 Å². The van der Waals surface area contributed by atoms with Crippen molar-refractivity contribution in [3.63, 3.8) is 0 Å². The molecule has 0 fully saturated rings. The average molecular weight is 347 g/mol. The Labute approximate surface area is 128 Å². The van der Waals surface area contributed by atoms with Crippen molar-refractivity contribution < 1.29 is 32.2 Å². The van der Waals surface area contributed by atoms with Crippen LogP contribution in [0.5, 0.6) is 5.75 Å². The van der Waals surface area contributed by atoms with Gasteiger partial charge in [0, 0.05) is 11.6 Å². The minimum absolute atomic E-state index is 0.111. The van der Waals surface area contributed by atoms with Crippen LogP contribution in [0.1, 0.15) is 10.4 Å². The first-order valence-corrected chi connectivity index (χ1v) is 6.82. The predicted molar refractivity (Wildman–Crippen MR) is 72.6 cm³/mol. The van der Waals surface area contributed by atoms with Gasteiger partial charge in [0.2, 0.25) is 11.2 Å². The summed E-state index contributed by atoms with van der Waals surface area (Å²) in [6.45, 7) is -3.46. The topological polar surface area (TPSA) is 68.0 Å². The summed E-state index contributed by atoms with van der Waals surface area (Å²) in [7, 11) is 0. The van der Waals surface area contributed by atoms with Gasteiger partial charge in [0.1, 0.15) is 15.9 Å². The smallest absolute Gasteiger partial charge is 0.387 e. The molecule has 5 nitrogen and oxygen atoms in total. The molecule has 0 spiro atoms. The van der Waals surface area contributed by atoms with E-state index in [2.05, 4.69) is 4.74 Å². The Morgan fingerprint density at radius 1 is 1.35 bits per heavy atom. The molecule has 0 aliphatic rings. The maximum absolute atomic E-state index is 13.9. The van der Waals surface area contributed by atoms with Crippen molar-refractivity contribution in [3.05, 3.63) is 45.1 Å². The monoisotopic (exact) mass is 347 g/mol. The molecule has 0 saturated carbocycles. The molecule has 0 unspecified atom stereocenters. The number of aromatic carboxylic acids is 1. The van der Waals surface area contributed by atoms with Gasteiger partial charge in [-0.15, -0.1) is 11.3 Å². The summed E-state index contributed by atoms with van der Waals surface area (Å²) in [5.74, 6) is -6.02. The molecule has 2 heterocycles. The molecule has 2 aromatic heterocycles. The summed E-state index contributed by atoms with van der Waals surface area (Å²) in [5, 5.41) is 9.95. The van der Waals surface area contributed by atoms with Crippen LogP contribution in [0.2, 0.25) is 0 Å². The van der Waals surface area contributed by atoms with E-state index in [0.29, 0.717) is 6.07 Å². The number of carbonyl (C=O) groups is 1. The summed E-state index contributed by atoms with van der Waals surface area (Å²) in [4.78, 5) is 23.4. The maximum Gasteiger partial charge on any atom is 0.387 e. The number of fused-ring (bicyclic) bond motifs is 3. The Morgan fingerprint density at radius 2 is 2.04 bits per heavy atom. The lowest BCUT2D eigenvalue weighted by Gasteiger charge is -2.12. The lowest BCUT2D eigenvalue weighted by molar-refractivity contribution is -0.0515. The molecule has 3 aromatic rings. The normalized spacial score (nSPS) is 11.5. The number of alkyl halides is 2. The third kappa shape index (κ3) is 2.22. The molecule has 1 N–H and O–H groups in total. The van der Waals surface area contributed by atoms with Crippen LogP contribution >= 0.6 is 11.3 Å². The minimum atomic E-state index is -3.46. The lowest BCUT2D eigenvalue weighted by Crippen LogP contribution is -2.18. The highest BCUT2D eigenvalue weighted by Crippen LogP contribution is 2.33. The second-order valence-electron chi connectivity index (χ2n) is 4.36. The minimum Gasteiger partial charge on any atom is -0.477 e. The third-order valence-electron chi connectivity index (χ3n) is 3.11. The molecule has 0 atom stereocenters. The molecule has 3 rings (SSSR count). The first-order chi connectivity index (χ1) is 10.8. The number of hydrogen-bond acceptors (Lipinski definition) is 4. The highest BCUT2D eigenvalue weighted by Gasteiger charge is 2.26. The van der Waals surface area contributed by atoms with E-state index in [1.54, 1.807) is 0 Å². The molecule has 0 amide bonds. The largest absolute Gasteiger partial charge is 0.477 e. The van der Waals surface area contributed by atoms with Crippen LogP contribution < -0.4 is 10.2 Å². The zero-order valence-electron chi connectivity index (χ0n) is 10.8. The fraction of sp³-hybridized carbons (Fsp3) is 0.0769. The highest BCUT2D eigenvalue weighted by molar-refractivity contribution is 7.16. The SMILES string of the molecule is O=C(O)c1c(=O)c2cc(F)c(F)c(OC(F)F)c2n2ccsc12. The van der Waals surface area contributed by atoms with Gasteiger partial charge in [-0.3, -0.25) is 4.79 Å². The Balaban J connectivity index is 2.61. The van der Waals surface area contributed by atoms with Gasteiger partial charge in [-0.2, -0.15) is 13.2 Å². The Hall–Kier alpha value is -2.62. The van der Waals surface area contributed by atoms with Crippen LogP contribution in [0.4, 0.5) is 17.6 Å². The van der Waals surface area contributed by atoms with Crippen molar-refractivity contribution >= 4 is 33.0 Å². The fourth-order valence-electron chi connectivity index (χ4n) is 2.26. The van der Waals surface area contributed by atoms with E-state index in [9.17, 15) is 27.2 Å². The molecule has 0 aliphatic heterocycles. The van der Waals surface area contributed by atoms with Crippen molar-refractivity contribution in [2.45, 2.75) is 6.61 Å². The molecule has 23 heavy (non-hydrogen) atoms. The van der Waals surface area contributed by atoms with Crippen molar-refractivity contribution in [1.82, 2.24) is 4.40 Å². The van der Waals surface area contributed by atoms with Gasteiger partial charge in [-0.1, -0.05) is 0 Å². The first-order valence-electron chi connectivity index (χ1n) is 5.94. The number of ether oxygens (including phenoxy) is 1. The van der Waals surface area contributed by atoms with Gasteiger partial charge in [-0.25, -0.2) is 9.18 Å². The summed E-state index contributed by atoms with van der Waals surface area (Å²) in [5.41, 5.74) is -2.25. The second kappa shape index (κ2) is 5.23. The summed E-state index contributed by atoms with van der Waals surface area (Å²) in [6, 6.07) is 0.460. The summed E-state index contributed by atoms with van der Waals surface area (Å²) >= 11 is 0.832. The van der Waals surface area contributed by atoms with Gasteiger partial charge >= 0.3 is 12.6 Å². The number of thiazole rings is 1. The van der Waals surface area contributed by atoms with E-state index in [0.717, 1.165) is 15.7 Å². The maximum atomic E-state index is 13.9. The second-order valence-corrected chi connectivity index (χ2v) is 5.26. The van der Waals surface area contributed by atoms with E-state index in [1.807, 2.05) is 0 Å². The molecule has 1 aromatic carbocycles. The standard InChI is InChI=1S/C13H5F4NO4S/c14-5-3-4-8(10(7(5)15)22-13(16)17)18-1-2-23-11(18)6(9(4)19)12(20)21/h1-3,13H,(H,20,21). The summed E-state index contributed by atoms with van der Waals surface area (Å²) < 4.78 is 57.5. The molecule has 0 bridgehead atoms. The number of aromatic nitrogens is 1. The van der Waals surface area contributed by atoms with Crippen molar-refractivity contribution in [1.29, 1.82) is 0 Å². The van der Waals surface area contributed by atoms with Gasteiger partial charge < -0.3 is 14.2 Å². The quantitative estimate of drug-likeness (QED) is 0.740. The number of benzene rings is 1. The molecular formula is C13H5F4NO4S. The number of halogens is 4. The molecular weight excluding hydrogens is 342 g/mol. The van der Waals surface area contributed by atoms with E-state index < -0.39 is 51.9 Å². The van der Waals surface area contributed by atoms with E-state index >= 15 is 0 Å². The number of nitrogens with zero attached hydrogens (tertiary/aromatic N) is 1. The zero-order valence-corrected chi connectivity index (χ0v) is 11.7. The van der Waals surface area contributed by atoms with E-state index in [-0.39, 0.29) is 4.83 Å². The van der Waals surface area contributed by atoms with Crippen molar-refractivity contribution in [2.24, 2.45) is 0 Å². The lowest BCUT2D eigenvalue weighted by atomic mass is 10.1.